The van der Waals surface area contributed by atoms with Crippen LogP contribution in [0.25, 0.3) is 11.5 Å². The predicted octanol–water partition coefficient (Wildman–Crippen LogP) is 3.63. The summed E-state index contributed by atoms with van der Waals surface area (Å²) in [6.45, 7) is 4.67. The molecular formula is C13H14ClFN2O. The Hall–Kier alpha value is -1.39. The molecule has 1 N–H and O–H groups in total. The van der Waals surface area contributed by atoms with Gasteiger partial charge in [-0.05, 0) is 18.2 Å². The fourth-order valence-electron chi connectivity index (χ4n) is 1.48. The topological polar surface area (TPSA) is 38.1 Å². The molecule has 2 rings (SSSR count). The molecule has 0 saturated heterocycles. The van der Waals surface area contributed by atoms with Gasteiger partial charge in [0.05, 0.1) is 11.3 Å². The van der Waals surface area contributed by atoms with Crippen LogP contribution in [0, 0.1) is 5.82 Å². The van der Waals surface area contributed by atoms with Gasteiger partial charge in [0.15, 0.2) is 0 Å². The lowest BCUT2D eigenvalue weighted by Crippen LogP contribution is -2.21. The summed E-state index contributed by atoms with van der Waals surface area (Å²) in [7, 11) is 0. The molecule has 0 bridgehead atoms. The molecule has 18 heavy (non-hydrogen) atoms. The summed E-state index contributed by atoms with van der Waals surface area (Å²) in [5.41, 5.74) is 1.01. The molecule has 0 aliphatic carbocycles. The zero-order chi connectivity index (χ0) is 13.1. The molecule has 1 aromatic heterocycles. The van der Waals surface area contributed by atoms with Crippen molar-refractivity contribution in [3.8, 4) is 11.5 Å². The Morgan fingerprint density at radius 1 is 1.44 bits per heavy atom. The van der Waals surface area contributed by atoms with Gasteiger partial charge in [-0.2, -0.15) is 0 Å². The van der Waals surface area contributed by atoms with Gasteiger partial charge < -0.3 is 9.73 Å². The van der Waals surface area contributed by atoms with Crippen LogP contribution in [0.15, 0.2) is 28.9 Å². The van der Waals surface area contributed by atoms with E-state index in [2.05, 4.69) is 10.3 Å². The van der Waals surface area contributed by atoms with Gasteiger partial charge in [0.2, 0.25) is 5.89 Å². The van der Waals surface area contributed by atoms with E-state index in [9.17, 15) is 4.39 Å². The summed E-state index contributed by atoms with van der Waals surface area (Å²) < 4.78 is 18.9. The van der Waals surface area contributed by atoms with E-state index in [1.54, 1.807) is 0 Å². The van der Waals surface area contributed by atoms with Gasteiger partial charge in [0, 0.05) is 17.6 Å². The van der Waals surface area contributed by atoms with Gasteiger partial charge in [-0.25, -0.2) is 9.37 Å². The average Bonchev–Trinajstić information content (AvgIpc) is 2.78. The highest BCUT2D eigenvalue weighted by atomic mass is 35.5. The van der Waals surface area contributed by atoms with Gasteiger partial charge in [-0.3, -0.25) is 0 Å². The predicted molar refractivity (Wildman–Crippen MR) is 68.9 cm³/mol. The fourth-order valence-corrected chi connectivity index (χ4v) is 1.65. The molecule has 0 saturated carbocycles. The third-order valence-electron chi connectivity index (χ3n) is 2.40. The van der Waals surface area contributed by atoms with Gasteiger partial charge in [0.1, 0.15) is 12.1 Å². The molecule has 2 aromatic rings. The maximum atomic E-state index is 13.6. The van der Waals surface area contributed by atoms with Crippen LogP contribution in [-0.4, -0.2) is 11.0 Å². The van der Waals surface area contributed by atoms with Crippen molar-refractivity contribution < 1.29 is 8.81 Å². The number of oxazole rings is 1. The molecular weight excluding hydrogens is 255 g/mol. The zero-order valence-electron chi connectivity index (χ0n) is 10.2. The van der Waals surface area contributed by atoms with E-state index >= 15 is 0 Å². The Labute approximate surface area is 110 Å². The van der Waals surface area contributed by atoms with E-state index in [1.165, 1.54) is 24.5 Å². The normalized spacial score (nSPS) is 11.2. The van der Waals surface area contributed by atoms with Gasteiger partial charge >= 0.3 is 0 Å². The minimum Gasteiger partial charge on any atom is -0.444 e. The first-order valence-corrected chi connectivity index (χ1v) is 6.07. The van der Waals surface area contributed by atoms with E-state index in [4.69, 9.17) is 16.0 Å². The molecule has 0 radical (unpaired) electrons. The number of aromatic nitrogens is 1. The maximum Gasteiger partial charge on any atom is 0.229 e. The van der Waals surface area contributed by atoms with Crippen LogP contribution >= 0.6 is 11.6 Å². The molecule has 0 amide bonds. The second kappa shape index (κ2) is 5.50. The van der Waals surface area contributed by atoms with E-state index < -0.39 is 5.82 Å². The lowest BCUT2D eigenvalue weighted by Gasteiger charge is -2.04. The summed E-state index contributed by atoms with van der Waals surface area (Å²) in [5.74, 6) is -0.153. The number of benzene rings is 1. The monoisotopic (exact) mass is 268 g/mol. The molecule has 0 unspecified atom stereocenters. The van der Waals surface area contributed by atoms with Crippen LogP contribution in [-0.2, 0) is 6.54 Å². The quantitative estimate of drug-likeness (QED) is 0.920. The number of hydrogen-bond acceptors (Lipinski definition) is 3. The van der Waals surface area contributed by atoms with Crippen molar-refractivity contribution in [1.29, 1.82) is 0 Å². The summed E-state index contributed by atoms with van der Waals surface area (Å²) in [4.78, 5) is 4.23. The van der Waals surface area contributed by atoms with Crippen LogP contribution in [0.3, 0.4) is 0 Å². The maximum absolute atomic E-state index is 13.6. The van der Waals surface area contributed by atoms with Crippen LogP contribution in [0.4, 0.5) is 4.39 Å². The molecule has 1 aromatic carbocycles. The number of nitrogens with zero attached hydrogens (tertiary/aromatic N) is 1. The van der Waals surface area contributed by atoms with Gasteiger partial charge in [-0.1, -0.05) is 25.4 Å². The first kappa shape index (κ1) is 13.1. The molecule has 0 atom stereocenters. The summed E-state index contributed by atoms with van der Waals surface area (Å²) in [6, 6.07) is 4.65. The molecule has 0 aliphatic rings. The lowest BCUT2D eigenvalue weighted by molar-refractivity contribution is 0.553. The Kier molecular flexibility index (Phi) is 3.99. The first-order chi connectivity index (χ1) is 8.56. The second-order valence-corrected chi connectivity index (χ2v) is 4.74. The highest BCUT2D eigenvalue weighted by Gasteiger charge is 2.12. The molecule has 96 valence electrons. The van der Waals surface area contributed by atoms with Crippen molar-refractivity contribution in [1.82, 2.24) is 10.3 Å². The molecule has 0 spiro atoms. The summed E-state index contributed by atoms with van der Waals surface area (Å²) >= 11 is 5.83. The van der Waals surface area contributed by atoms with Gasteiger partial charge in [0.25, 0.3) is 0 Å². The molecule has 0 fully saturated rings. The van der Waals surface area contributed by atoms with E-state index in [0.29, 0.717) is 17.6 Å². The van der Waals surface area contributed by atoms with E-state index in [-0.39, 0.29) is 11.5 Å². The lowest BCUT2D eigenvalue weighted by atomic mass is 10.2. The first-order valence-electron chi connectivity index (χ1n) is 5.69. The van der Waals surface area contributed by atoms with Crippen molar-refractivity contribution in [2.45, 2.75) is 26.4 Å². The average molecular weight is 269 g/mol. The summed E-state index contributed by atoms with van der Waals surface area (Å²) in [5, 5.41) is 3.66. The number of halogens is 2. The largest absolute Gasteiger partial charge is 0.444 e. The minimum atomic E-state index is -0.399. The van der Waals surface area contributed by atoms with E-state index in [1.807, 2.05) is 13.8 Å². The Morgan fingerprint density at radius 2 is 2.22 bits per heavy atom. The highest BCUT2D eigenvalue weighted by molar-refractivity contribution is 6.30. The third-order valence-corrected chi connectivity index (χ3v) is 2.64. The highest BCUT2D eigenvalue weighted by Crippen LogP contribution is 2.25. The number of hydrogen-bond donors (Lipinski definition) is 1. The van der Waals surface area contributed by atoms with Crippen LogP contribution in [0.2, 0.25) is 5.02 Å². The van der Waals surface area contributed by atoms with Crippen molar-refractivity contribution in [2.24, 2.45) is 0 Å². The Bertz CT molecular complexity index is 540. The van der Waals surface area contributed by atoms with Crippen molar-refractivity contribution >= 4 is 11.6 Å². The second-order valence-electron chi connectivity index (χ2n) is 4.30. The molecule has 3 nitrogen and oxygen atoms in total. The Morgan fingerprint density at radius 3 is 2.94 bits per heavy atom. The van der Waals surface area contributed by atoms with Crippen LogP contribution < -0.4 is 5.32 Å². The molecule has 5 heteroatoms. The standard InChI is InChI=1S/C13H14ClFN2O/c1-8(2)16-6-10-7-18-13(17-10)11-5-9(14)3-4-12(11)15/h3-5,7-8,16H,6H2,1-2H3. The van der Waals surface area contributed by atoms with Gasteiger partial charge in [-0.15, -0.1) is 0 Å². The molecule has 1 heterocycles. The SMILES string of the molecule is CC(C)NCc1coc(-c2cc(Cl)ccc2F)n1. The fraction of sp³-hybridized carbons (Fsp3) is 0.308. The van der Waals surface area contributed by atoms with Crippen LogP contribution in [0.1, 0.15) is 19.5 Å². The van der Waals surface area contributed by atoms with Crippen LogP contribution in [0.5, 0.6) is 0 Å². The van der Waals surface area contributed by atoms with Crippen molar-refractivity contribution in [2.75, 3.05) is 0 Å². The third kappa shape index (κ3) is 3.09. The minimum absolute atomic E-state index is 0.246. The smallest absolute Gasteiger partial charge is 0.229 e. The summed E-state index contributed by atoms with van der Waals surface area (Å²) in [6.07, 6.45) is 1.52. The van der Waals surface area contributed by atoms with Crippen molar-refractivity contribution in [3.63, 3.8) is 0 Å². The number of rotatable bonds is 4. The van der Waals surface area contributed by atoms with E-state index in [0.717, 1.165) is 5.69 Å². The Balaban J connectivity index is 2.21. The molecule has 0 aliphatic heterocycles. The van der Waals surface area contributed by atoms with Crippen molar-refractivity contribution in [3.05, 3.63) is 41.0 Å². The number of nitrogens with one attached hydrogen (secondary N) is 1. The zero-order valence-corrected chi connectivity index (χ0v) is 11.0.